The van der Waals surface area contributed by atoms with Gasteiger partial charge in [0.05, 0.1) is 6.21 Å². The number of ether oxygens (including phenoxy) is 1. The zero-order chi connectivity index (χ0) is 27.1. The molecule has 0 unspecified atom stereocenters. The van der Waals surface area contributed by atoms with Crippen molar-refractivity contribution in [2.24, 2.45) is 5.10 Å². The molecule has 1 aromatic carbocycles. The van der Waals surface area contributed by atoms with Crippen LogP contribution in [-0.4, -0.2) is 85.5 Å². The predicted molar refractivity (Wildman–Crippen MR) is 151 cm³/mol. The minimum Gasteiger partial charge on any atom is -0.474 e. The highest BCUT2D eigenvalue weighted by molar-refractivity contribution is 5.99. The Morgan fingerprint density at radius 3 is 2.58 bits per heavy atom. The minimum atomic E-state index is -0.775. The van der Waals surface area contributed by atoms with Crippen molar-refractivity contribution < 1.29 is 13.5 Å². The fourth-order valence-corrected chi connectivity index (χ4v) is 4.71. The molecule has 8 nitrogen and oxygen atoms in total. The first kappa shape index (κ1) is 27.8. The lowest BCUT2D eigenvalue weighted by molar-refractivity contribution is 0.131. The summed E-state index contributed by atoms with van der Waals surface area (Å²) in [5, 5.41) is 5.23. The Balaban J connectivity index is 1.57. The van der Waals surface area contributed by atoms with Crippen LogP contribution in [0.5, 0.6) is 5.88 Å². The van der Waals surface area contributed by atoms with Crippen molar-refractivity contribution in [1.82, 2.24) is 19.8 Å². The second-order valence-electron chi connectivity index (χ2n) is 9.89. The number of aromatic amines is 1. The summed E-state index contributed by atoms with van der Waals surface area (Å²) in [6.45, 7) is 11.8. The Morgan fingerprint density at radius 2 is 1.87 bits per heavy atom. The van der Waals surface area contributed by atoms with Crippen molar-refractivity contribution in [1.29, 1.82) is 0 Å². The molecule has 0 spiro atoms. The number of hydrazone groups is 1. The molecule has 0 bridgehead atoms. The summed E-state index contributed by atoms with van der Waals surface area (Å²) in [6, 6.07) is 6.09. The maximum absolute atomic E-state index is 15.7. The van der Waals surface area contributed by atoms with Gasteiger partial charge in [-0.3, -0.25) is 10.3 Å². The van der Waals surface area contributed by atoms with Crippen LogP contribution in [0.1, 0.15) is 37.8 Å². The molecule has 0 saturated carbocycles. The maximum Gasteiger partial charge on any atom is 0.254 e. The number of nitrogens with one attached hydrogen (secondary N) is 2. The highest BCUT2D eigenvalue weighted by Gasteiger charge is 2.26. The average molecular weight is 528 g/mol. The van der Waals surface area contributed by atoms with Gasteiger partial charge in [-0.2, -0.15) is 14.5 Å². The summed E-state index contributed by atoms with van der Waals surface area (Å²) in [5.74, 6) is -1.93. The van der Waals surface area contributed by atoms with Gasteiger partial charge in [-0.1, -0.05) is 26.0 Å². The number of aryl methyl sites for hydroxylation is 1. The molecule has 1 fully saturated rings. The van der Waals surface area contributed by atoms with E-state index < -0.39 is 11.6 Å². The molecule has 3 aromatic rings. The molecule has 206 valence electrons. The second kappa shape index (κ2) is 13.0. The first-order valence-corrected chi connectivity index (χ1v) is 13.5. The summed E-state index contributed by atoms with van der Waals surface area (Å²) >= 11 is 0. The molecule has 1 aliphatic heterocycles. The van der Waals surface area contributed by atoms with Crippen molar-refractivity contribution in [3.63, 3.8) is 0 Å². The molecule has 0 atom stereocenters. The molecule has 0 amide bonds. The van der Waals surface area contributed by atoms with Gasteiger partial charge in [0.2, 0.25) is 5.82 Å². The molecule has 1 saturated heterocycles. The van der Waals surface area contributed by atoms with Crippen LogP contribution in [0.2, 0.25) is 0 Å². The number of rotatable bonds is 12. The molecular formula is C28H39F2N7O. The van der Waals surface area contributed by atoms with Crippen molar-refractivity contribution in [2.75, 3.05) is 69.8 Å². The van der Waals surface area contributed by atoms with E-state index in [2.05, 4.69) is 43.4 Å². The van der Waals surface area contributed by atoms with Gasteiger partial charge in [-0.05, 0) is 38.4 Å². The molecule has 2 aromatic heterocycles. The normalized spacial score (nSPS) is 15.0. The van der Waals surface area contributed by atoms with Gasteiger partial charge in [0.1, 0.15) is 12.3 Å². The summed E-state index contributed by atoms with van der Waals surface area (Å²) in [7, 11) is 2.10. The van der Waals surface area contributed by atoms with Crippen molar-refractivity contribution in [2.45, 2.75) is 33.6 Å². The standard InChI is InChI=1S/C28H39F2N7O/c1-5-9-37(10-6-2)26-24(29)27(34-32-19-21-18-31-23-17-20(3)7-8-22(21)23)33-28(25(26)30)38-16-15-36-13-11-35(4)12-14-36/h7-8,17-19,31H,5-6,9-16H2,1-4H3,(H,33,34)/b32-19+. The van der Waals surface area contributed by atoms with E-state index in [9.17, 15) is 0 Å². The zero-order valence-electron chi connectivity index (χ0n) is 22.9. The molecule has 10 heteroatoms. The van der Waals surface area contributed by atoms with Gasteiger partial charge in [0.15, 0.2) is 11.6 Å². The number of hydrogen-bond acceptors (Lipinski definition) is 7. The number of fused-ring (bicyclic) bond motifs is 1. The number of hydrogen-bond donors (Lipinski definition) is 2. The highest BCUT2D eigenvalue weighted by Crippen LogP contribution is 2.34. The van der Waals surface area contributed by atoms with Gasteiger partial charge < -0.3 is 19.5 Å². The number of halogens is 2. The van der Waals surface area contributed by atoms with E-state index in [1.165, 1.54) is 0 Å². The molecule has 3 heterocycles. The smallest absolute Gasteiger partial charge is 0.254 e. The number of piperazine rings is 1. The first-order valence-electron chi connectivity index (χ1n) is 13.5. The third-order valence-corrected chi connectivity index (χ3v) is 6.81. The number of likely N-dealkylation sites (N-methyl/N-ethyl adjacent to an activating group) is 1. The quantitative estimate of drug-likeness (QED) is 0.259. The van der Waals surface area contributed by atoms with Crippen LogP contribution in [0.4, 0.5) is 20.3 Å². The monoisotopic (exact) mass is 527 g/mol. The Hall–Kier alpha value is -3.24. The van der Waals surface area contributed by atoms with E-state index in [1.54, 1.807) is 11.1 Å². The molecule has 0 radical (unpaired) electrons. The van der Waals surface area contributed by atoms with Gasteiger partial charge in [-0.25, -0.2) is 4.39 Å². The molecule has 38 heavy (non-hydrogen) atoms. The van der Waals surface area contributed by atoms with E-state index in [0.29, 0.717) is 19.6 Å². The minimum absolute atomic E-state index is 0.126. The van der Waals surface area contributed by atoms with E-state index >= 15 is 8.78 Å². The van der Waals surface area contributed by atoms with E-state index in [0.717, 1.165) is 61.1 Å². The van der Waals surface area contributed by atoms with Crippen molar-refractivity contribution in [3.8, 4) is 5.88 Å². The first-order chi connectivity index (χ1) is 18.4. The summed E-state index contributed by atoms with van der Waals surface area (Å²) in [5.41, 5.74) is 5.56. The van der Waals surface area contributed by atoms with Crippen LogP contribution in [0.3, 0.4) is 0 Å². The van der Waals surface area contributed by atoms with Crippen LogP contribution < -0.4 is 15.1 Å². The summed E-state index contributed by atoms with van der Waals surface area (Å²) < 4.78 is 37.1. The Labute approximate surface area is 223 Å². The molecule has 0 aliphatic carbocycles. The lowest BCUT2D eigenvalue weighted by Gasteiger charge is -2.32. The fraction of sp³-hybridized carbons (Fsp3) is 0.500. The number of benzene rings is 1. The Kier molecular flexibility index (Phi) is 9.52. The average Bonchev–Trinajstić information content (AvgIpc) is 3.29. The summed E-state index contributed by atoms with van der Waals surface area (Å²) in [4.78, 5) is 13.6. The van der Waals surface area contributed by atoms with Crippen LogP contribution >= 0.6 is 0 Å². The van der Waals surface area contributed by atoms with Crippen LogP contribution in [0.15, 0.2) is 29.5 Å². The van der Waals surface area contributed by atoms with Crippen molar-refractivity contribution >= 4 is 28.6 Å². The van der Waals surface area contributed by atoms with Gasteiger partial charge in [0, 0.05) is 68.5 Å². The molecular weight excluding hydrogens is 488 g/mol. The third kappa shape index (κ3) is 6.60. The number of H-pyrrole nitrogens is 1. The molecule has 1 aliphatic rings. The Bertz CT molecular complexity index is 1230. The van der Waals surface area contributed by atoms with Crippen molar-refractivity contribution in [3.05, 3.63) is 47.2 Å². The zero-order valence-corrected chi connectivity index (χ0v) is 22.9. The summed E-state index contributed by atoms with van der Waals surface area (Å²) in [6.07, 6.45) is 4.94. The number of aromatic nitrogens is 2. The Morgan fingerprint density at radius 1 is 1.13 bits per heavy atom. The molecule has 2 N–H and O–H groups in total. The fourth-order valence-electron chi connectivity index (χ4n) is 4.71. The lowest BCUT2D eigenvalue weighted by Crippen LogP contribution is -2.45. The largest absolute Gasteiger partial charge is 0.474 e. The topological polar surface area (TPSA) is 72.0 Å². The number of pyridine rings is 1. The van der Waals surface area contributed by atoms with Gasteiger partial charge in [-0.15, -0.1) is 0 Å². The molecule has 4 rings (SSSR count). The van der Waals surface area contributed by atoms with Gasteiger partial charge >= 0.3 is 0 Å². The van der Waals surface area contributed by atoms with E-state index in [1.807, 2.05) is 39.1 Å². The van der Waals surface area contributed by atoms with Gasteiger partial charge in [0.25, 0.3) is 5.88 Å². The third-order valence-electron chi connectivity index (χ3n) is 6.81. The van der Waals surface area contributed by atoms with Crippen LogP contribution in [0, 0.1) is 18.6 Å². The lowest BCUT2D eigenvalue weighted by atomic mass is 10.1. The SMILES string of the molecule is CCCN(CCC)c1c(F)c(N/N=C/c2c[nH]c3cc(C)ccc23)nc(OCCN2CCN(C)CC2)c1F. The van der Waals surface area contributed by atoms with E-state index in [4.69, 9.17) is 4.74 Å². The highest BCUT2D eigenvalue weighted by atomic mass is 19.1. The number of anilines is 2. The number of nitrogens with zero attached hydrogens (tertiary/aromatic N) is 5. The van der Waals surface area contributed by atoms with E-state index in [-0.39, 0.29) is 24.0 Å². The van der Waals surface area contributed by atoms with Crippen LogP contribution in [-0.2, 0) is 0 Å². The second-order valence-corrected chi connectivity index (χ2v) is 9.89. The predicted octanol–water partition coefficient (Wildman–Crippen LogP) is 4.85. The maximum atomic E-state index is 15.7. The van der Waals surface area contributed by atoms with Crippen LogP contribution in [0.25, 0.3) is 10.9 Å².